The third-order valence-corrected chi connectivity index (χ3v) is 9.04. The molecule has 1 atom stereocenters. The second kappa shape index (κ2) is 14.5. The lowest BCUT2D eigenvalue weighted by Crippen LogP contribution is -2.54. The van der Waals surface area contributed by atoms with E-state index in [0.29, 0.717) is 5.02 Å². The summed E-state index contributed by atoms with van der Waals surface area (Å²) < 4.78 is 44.0. The van der Waals surface area contributed by atoms with E-state index >= 15 is 0 Å². The summed E-state index contributed by atoms with van der Waals surface area (Å²) in [5, 5.41) is 3.27. The van der Waals surface area contributed by atoms with Crippen molar-refractivity contribution in [2.24, 2.45) is 0 Å². The minimum absolute atomic E-state index is 0.00936. The topological polar surface area (TPSA) is 86.8 Å². The first-order chi connectivity index (χ1) is 21.0. The number of amides is 2. The van der Waals surface area contributed by atoms with Crippen LogP contribution in [0.15, 0.2) is 108 Å². The van der Waals surface area contributed by atoms with Gasteiger partial charge in [0.1, 0.15) is 18.4 Å². The second-order valence-electron chi connectivity index (χ2n) is 10.8. The zero-order valence-corrected chi connectivity index (χ0v) is 26.4. The maximum absolute atomic E-state index is 15.0. The van der Waals surface area contributed by atoms with Gasteiger partial charge in [0, 0.05) is 29.6 Å². The van der Waals surface area contributed by atoms with Crippen molar-refractivity contribution in [1.29, 1.82) is 0 Å². The number of carbonyl (C=O) groups is 2. The average Bonchev–Trinajstić information content (AvgIpc) is 2.99. The number of nitrogens with zero attached hydrogens (tertiary/aromatic N) is 2. The fraction of sp³-hybridized carbons (Fsp3) is 0.235. The summed E-state index contributed by atoms with van der Waals surface area (Å²) in [4.78, 5) is 29.3. The van der Waals surface area contributed by atoms with E-state index in [4.69, 9.17) is 11.6 Å². The molecule has 0 saturated carbocycles. The van der Waals surface area contributed by atoms with Crippen LogP contribution in [0.4, 0.5) is 10.1 Å². The summed E-state index contributed by atoms with van der Waals surface area (Å²) in [5.41, 5.74) is 2.05. The van der Waals surface area contributed by atoms with Gasteiger partial charge in [0.2, 0.25) is 11.8 Å². The number of anilines is 1. The Balaban J connectivity index is 1.81. The molecular weight excluding hydrogens is 601 g/mol. The van der Waals surface area contributed by atoms with Gasteiger partial charge < -0.3 is 10.2 Å². The van der Waals surface area contributed by atoms with Gasteiger partial charge in [-0.15, -0.1) is 0 Å². The Bertz CT molecular complexity index is 1680. The van der Waals surface area contributed by atoms with Crippen molar-refractivity contribution in [3.63, 3.8) is 0 Å². The summed E-state index contributed by atoms with van der Waals surface area (Å²) in [5.74, 6) is -1.67. The number of sulfonamides is 1. The van der Waals surface area contributed by atoms with Crippen LogP contribution >= 0.6 is 11.6 Å². The fourth-order valence-electron chi connectivity index (χ4n) is 4.72. The monoisotopic (exact) mass is 635 g/mol. The molecular formula is C34H35ClFN3O4S. The third-order valence-electron chi connectivity index (χ3n) is 7.00. The molecule has 230 valence electrons. The molecule has 1 unspecified atom stereocenters. The van der Waals surface area contributed by atoms with Gasteiger partial charge in [0.15, 0.2) is 0 Å². The summed E-state index contributed by atoms with van der Waals surface area (Å²) in [6.45, 7) is 4.54. The lowest BCUT2D eigenvalue weighted by Gasteiger charge is -2.34. The summed E-state index contributed by atoms with van der Waals surface area (Å²) in [6.07, 6.45) is 0.130. The standard InChI is InChI=1S/C34H35ClFN3O4S/c1-24(2)37-34(41)32(21-26-9-5-4-6-10-26)38(22-27-11-7-8-12-31(27)36)33(40)23-39(29-17-15-28(35)16-18-29)44(42,43)30-19-13-25(3)14-20-30/h4-20,24,32H,21-23H2,1-3H3,(H,37,41). The number of hydrogen-bond donors (Lipinski definition) is 1. The lowest BCUT2D eigenvalue weighted by molar-refractivity contribution is -0.140. The van der Waals surface area contributed by atoms with E-state index in [0.717, 1.165) is 15.4 Å². The molecule has 0 aliphatic rings. The van der Waals surface area contributed by atoms with Crippen molar-refractivity contribution in [2.45, 2.75) is 50.7 Å². The van der Waals surface area contributed by atoms with E-state index in [1.807, 2.05) is 37.3 Å². The van der Waals surface area contributed by atoms with E-state index in [1.54, 1.807) is 32.0 Å². The van der Waals surface area contributed by atoms with E-state index in [9.17, 15) is 22.4 Å². The second-order valence-corrected chi connectivity index (χ2v) is 13.1. The first kappa shape index (κ1) is 32.7. The number of halogens is 2. The van der Waals surface area contributed by atoms with Crippen LogP contribution in [0.3, 0.4) is 0 Å². The molecule has 1 N–H and O–H groups in total. The number of carbonyl (C=O) groups excluding carboxylic acids is 2. The molecule has 0 aromatic heterocycles. The molecule has 0 fully saturated rings. The summed E-state index contributed by atoms with van der Waals surface area (Å²) in [7, 11) is -4.25. The Morgan fingerprint density at radius 3 is 2.09 bits per heavy atom. The van der Waals surface area contributed by atoms with Crippen LogP contribution < -0.4 is 9.62 Å². The maximum atomic E-state index is 15.0. The van der Waals surface area contributed by atoms with E-state index in [-0.39, 0.29) is 35.2 Å². The fourth-order valence-corrected chi connectivity index (χ4v) is 6.26. The number of rotatable bonds is 12. The van der Waals surface area contributed by atoms with Crippen LogP contribution in [-0.2, 0) is 32.6 Å². The van der Waals surface area contributed by atoms with E-state index in [1.165, 1.54) is 59.5 Å². The highest BCUT2D eigenvalue weighted by Gasteiger charge is 2.35. The molecule has 4 aromatic carbocycles. The highest BCUT2D eigenvalue weighted by atomic mass is 35.5. The zero-order chi connectivity index (χ0) is 31.9. The van der Waals surface area contributed by atoms with Crippen molar-refractivity contribution in [2.75, 3.05) is 10.8 Å². The molecule has 0 spiro atoms. The van der Waals surface area contributed by atoms with E-state index in [2.05, 4.69) is 5.32 Å². The first-order valence-corrected chi connectivity index (χ1v) is 16.0. The molecule has 4 aromatic rings. The van der Waals surface area contributed by atoms with Crippen molar-refractivity contribution in [1.82, 2.24) is 10.2 Å². The molecule has 0 aliphatic heterocycles. The minimum Gasteiger partial charge on any atom is -0.352 e. The van der Waals surface area contributed by atoms with Gasteiger partial charge in [-0.1, -0.05) is 77.8 Å². The van der Waals surface area contributed by atoms with Crippen LogP contribution in [0.1, 0.15) is 30.5 Å². The lowest BCUT2D eigenvalue weighted by atomic mass is 10.0. The molecule has 0 heterocycles. The Hall–Kier alpha value is -4.21. The molecule has 44 heavy (non-hydrogen) atoms. The van der Waals surface area contributed by atoms with Crippen molar-refractivity contribution in [3.05, 3.63) is 131 Å². The largest absolute Gasteiger partial charge is 0.352 e. The van der Waals surface area contributed by atoms with Crippen molar-refractivity contribution in [3.8, 4) is 0 Å². The summed E-state index contributed by atoms with van der Waals surface area (Å²) >= 11 is 6.10. The average molecular weight is 636 g/mol. The van der Waals surface area contributed by atoms with Gasteiger partial charge in [-0.25, -0.2) is 12.8 Å². The van der Waals surface area contributed by atoms with Crippen LogP contribution in [0.25, 0.3) is 0 Å². The van der Waals surface area contributed by atoms with Gasteiger partial charge in [0.05, 0.1) is 10.6 Å². The van der Waals surface area contributed by atoms with Crippen molar-refractivity contribution >= 4 is 39.1 Å². The highest BCUT2D eigenvalue weighted by molar-refractivity contribution is 7.92. The summed E-state index contributed by atoms with van der Waals surface area (Å²) in [6, 6.07) is 26.2. The highest BCUT2D eigenvalue weighted by Crippen LogP contribution is 2.27. The van der Waals surface area contributed by atoms with Gasteiger partial charge in [0.25, 0.3) is 10.0 Å². The Labute approximate surface area is 263 Å². The Morgan fingerprint density at radius 2 is 1.48 bits per heavy atom. The Kier molecular flexibility index (Phi) is 10.8. The molecule has 2 amide bonds. The van der Waals surface area contributed by atoms with Crippen LogP contribution in [-0.4, -0.2) is 43.8 Å². The van der Waals surface area contributed by atoms with Crippen molar-refractivity contribution < 1.29 is 22.4 Å². The molecule has 0 bridgehead atoms. The molecule has 7 nitrogen and oxygen atoms in total. The SMILES string of the molecule is Cc1ccc(S(=O)(=O)N(CC(=O)N(Cc2ccccc2F)C(Cc2ccccc2)C(=O)NC(C)C)c2ccc(Cl)cc2)cc1. The normalized spacial score (nSPS) is 12.0. The molecule has 10 heteroatoms. The number of benzene rings is 4. The smallest absolute Gasteiger partial charge is 0.264 e. The first-order valence-electron chi connectivity index (χ1n) is 14.2. The predicted octanol–water partition coefficient (Wildman–Crippen LogP) is 6.15. The zero-order valence-electron chi connectivity index (χ0n) is 24.8. The van der Waals surface area contributed by atoms with Gasteiger partial charge in [-0.05, 0) is 68.8 Å². The minimum atomic E-state index is -4.25. The number of nitrogens with one attached hydrogen (secondary N) is 1. The van der Waals surface area contributed by atoms with E-state index < -0.39 is 40.2 Å². The van der Waals surface area contributed by atoms with Crippen LogP contribution in [0.2, 0.25) is 5.02 Å². The molecule has 4 rings (SSSR count). The Morgan fingerprint density at radius 1 is 0.864 bits per heavy atom. The molecule has 0 radical (unpaired) electrons. The number of hydrogen-bond acceptors (Lipinski definition) is 4. The quantitative estimate of drug-likeness (QED) is 0.202. The molecule has 0 saturated heterocycles. The molecule has 0 aliphatic carbocycles. The number of aryl methyl sites for hydroxylation is 1. The van der Waals surface area contributed by atoms with Gasteiger partial charge >= 0.3 is 0 Å². The van der Waals surface area contributed by atoms with Gasteiger partial charge in [-0.2, -0.15) is 0 Å². The van der Waals surface area contributed by atoms with Crippen LogP contribution in [0, 0.1) is 12.7 Å². The predicted molar refractivity (Wildman–Crippen MR) is 171 cm³/mol. The third kappa shape index (κ3) is 8.24. The maximum Gasteiger partial charge on any atom is 0.264 e. The van der Waals surface area contributed by atoms with Gasteiger partial charge in [-0.3, -0.25) is 13.9 Å². The van der Waals surface area contributed by atoms with Crippen LogP contribution in [0.5, 0.6) is 0 Å².